The standard InChI is InChI=1S/C27H23BrN2O6/c1-3-35-24-13-19(12-20(15-29)26(31)30-21-8-10-22(34-2)11-9-21)23(28)14-25(24)36-16-17-4-6-18(7-5-17)27(32)33/h4-14H,3,16H2,1-2H3,(H,30,31)(H,32,33)/b20-12+. The molecule has 0 aliphatic heterocycles. The van der Waals surface area contributed by atoms with Gasteiger partial charge in [0.15, 0.2) is 11.5 Å². The van der Waals surface area contributed by atoms with E-state index in [0.29, 0.717) is 39.6 Å². The molecule has 0 bridgehead atoms. The number of ether oxygens (including phenoxy) is 3. The maximum atomic E-state index is 12.7. The van der Waals surface area contributed by atoms with Gasteiger partial charge in [-0.1, -0.05) is 28.1 Å². The molecule has 36 heavy (non-hydrogen) atoms. The summed E-state index contributed by atoms with van der Waals surface area (Å²) in [6, 6.07) is 18.4. The summed E-state index contributed by atoms with van der Waals surface area (Å²) in [5.74, 6) is -0.0249. The van der Waals surface area contributed by atoms with E-state index >= 15 is 0 Å². The Morgan fingerprint density at radius 2 is 1.72 bits per heavy atom. The lowest BCUT2D eigenvalue weighted by atomic mass is 10.1. The lowest BCUT2D eigenvalue weighted by molar-refractivity contribution is -0.112. The zero-order valence-corrected chi connectivity index (χ0v) is 21.2. The third kappa shape index (κ3) is 6.87. The third-order valence-corrected chi connectivity index (χ3v) is 5.66. The van der Waals surface area contributed by atoms with Gasteiger partial charge in [-0.2, -0.15) is 5.26 Å². The highest BCUT2D eigenvalue weighted by atomic mass is 79.9. The van der Waals surface area contributed by atoms with E-state index in [2.05, 4.69) is 21.2 Å². The van der Waals surface area contributed by atoms with Crippen LogP contribution in [-0.4, -0.2) is 30.7 Å². The van der Waals surface area contributed by atoms with E-state index in [4.69, 9.17) is 19.3 Å². The number of aromatic carboxylic acids is 1. The molecule has 0 aliphatic rings. The van der Waals surface area contributed by atoms with E-state index in [-0.39, 0.29) is 17.7 Å². The summed E-state index contributed by atoms with van der Waals surface area (Å²) in [7, 11) is 1.55. The number of methoxy groups -OCH3 is 1. The van der Waals surface area contributed by atoms with Crippen molar-refractivity contribution in [3.05, 3.63) is 87.4 Å². The number of nitriles is 1. The molecule has 0 saturated heterocycles. The summed E-state index contributed by atoms with van der Waals surface area (Å²) >= 11 is 3.47. The lowest BCUT2D eigenvalue weighted by Gasteiger charge is -2.14. The average Bonchev–Trinajstić information content (AvgIpc) is 2.88. The van der Waals surface area contributed by atoms with E-state index in [0.717, 1.165) is 5.56 Å². The van der Waals surface area contributed by atoms with Crippen molar-refractivity contribution in [1.82, 2.24) is 0 Å². The van der Waals surface area contributed by atoms with Crippen molar-refractivity contribution in [3.63, 3.8) is 0 Å². The predicted molar refractivity (Wildman–Crippen MR) is 138 cm³/mol. The van der Waals surface area contributed by atoms with Crippen LogP contribution in [0.15, 0.2) is 70.7 Å². The van der Waals surface area contributed by atoms with Gasteiger partial charge >= 0.3 is 5.97 Å². The van der Waals surface area contributed by atoms with Crippen molar-refractivity contribution in [1.29, 1.82) is 5.26 Å². The summed E-state index contributed by atoms with van der Waals surface area (Å²) in [6.07, 6.45) is 1.46. The van der Waals surface area contributed by atoms with Crippen LogP contribution in [0.3, 0.4) is 0 Å². The molecule has 0 heterocycles. The van der Waals surface area contributed by atoms with E-state index in [1.165, 1.54) is 18.2 Å². The van der Waals surface area contributed by atoms with Gasteiger partial charge in [0.05, 0.1) is 19.3 Å². The number of carbonyl (C=O) groups is 2. The first-order valence-corrected chi connectivity index (χ1v) is 11.6. The first-order valence-electron chi connectivity index (χ1n) is 10.8. The Morgan fingerprint density at radius 1 is 1.06 bits per heavy atom. The monoisotopic (exact) mass is 550 g/mol. The van der Waals surface area contributed by atoms with Crippen LogP contribution >= 0.6 is 15.9 Å². The summed E-state index contributed by atoms with van der Waals surface area (Å²) in [4.78, 5) is 23.7. The van der Waals surface area contributed by atoms with Crippen molar-refractivity contribution < 1.29 is 28.9 Å². The molecule has 0 spiro atoms. The highest BCUT2D eigenvalue weighted by Crippen LogP contribution is 2.35. The fourth-order valence-electron chi connectivity index (χ4n) is 3.12. The molecular formula is C27H23BrN2O6. The van der Waals surface area contributed by atoms with Crippen LogP contribution in [0.5, 0.6) is 17.2 Å². The van der Waals surface area contributed by atoms with Gasteiger partial charge in [-0.25, -0.2) is 4.79 Å². The van der Waals surface area contributed by atoms with Gasteiger partial charge < -0.3 is 24.6 Å². The Labute approximate surface area is 216 Å². The SMILES string of the molecule is CCOc1cc(/C=C(\C#N)C(=O)Nc2ccc(OC)cc2)c(Br)cc1OCc1ccc(C(=O)O)cc1. The van der Waals surface area contributed by atoms with Gasteiger partial charge in [0.25, 0.3) is 5.91 Å². The van der Waals surface area contributed by atoms with Crippen LogP contribution in [0, 0.1) is 11.3 Å². The van der Waals surface area contributed by atoms with E-state index in [1.54, 1.807) is 55.6 Å². The number of benzene rings is 3. The van der Waals surface area contributed by atoms with Crippen molar-refractivity contribution >= 4 is 39.6 Å². The minimum absolute atomic E-state index is 0.0962. The molecule has 0 saturated carbocycles. The number of nitrogens with zero attached hydrogens (tertiary/aromatic N) is 1. The summed E-state index contributed by atoms with van der Waals surface area (Å²) in [5.41, 5.74) is 1.96. The molecule has 184 valence electrons. The number of rotatable bonds is 10. The number of halogens is 1. The molecule has 0 atom stereocenters. The number of hydrogen-bond donors (Lipinski definition) is 2. The molecule has 0 unspecified atom stereocenters. The molecule has 2 N–H and O–H groups in total. The van der Waals surface area contributed by atoms with Gasteiger partial charge in [-0.05, 0) is 72.7 Å². The quantitative estimate of drug-likeness (QED) is 0.246. The minimum Gasteiger partial charge on any atom is -0.497 e. The smallest absolute Gasteiger partial charge is 0.335 e. The Hall–Kier alpha value is -4.29. The number of anilines is 1. The molecule has 3 aromatic carbocycles. The van der Waals surface area contributed by atoms with Gasteiger partial charge in [0, 0.05) is 10.2 Å². The molecule has 9 heteroatoms. The van der Waals surface area contributed by atoms with Crippen LogP contribution in [0.25, 0.3) is 6.08 Å². The second-order valence-corrected chi connectivity index (χ2v) is 8.25. The number of carboxylic acids is 1. The molecule has 1 amide bonds. The minimum atomic E-state index is -0.997. The van der Waals surface area contributed by atoms with Gasteiger partial charge in [0.1, 0.15) is 24.0 Å². The zero-order valence-electron chi connectivity index (χ0n) is 19.6. The number of carbonyl (C=O) groups excluding carboxylic acids is 1. The summed E-state index contributed by atoms with van der Waals surface area (Å²) in [5, 5.41) is 21.3. The van der Waals surface area contributed by atoms with Gasteiger partial charge in [0.2, 0.25) is 0 Å². The topological polar surface area (TPSA) is 118 Å². The largest absolute Gasteiger partial charge is 0.497 e. The predicted octanol–water partition coefficient (Wildman–Crippen LogP) is 5.68. The Morgan fingerprint density at radius 3 is 2.31 bits per heavy atom. The second kappa shape index (κ2) is 12.4. The van der Waals surface area contributed by atoms with Gasteiger partial charge in [-0.15, -0.1) is 0 Å². The second-order valence-electron chi connectivity index (χ2n) is 7.40. The first-order chi connectivity index (χ1) is 17.3. The molecular weight excluding hydrogens is 528 g/mol. The zero-order chi connectivity index (χ0) is 26.1. The molecule has 0 fully saturated rings. The molecule has 3 rings (SSSR count). The molecule has 0 aliphatic carbocycles. The lowest BCUT2D eigenvalue weighted by Crippen LogP contribution is -2.13. The third-order valence-electron chi connectivity index (χ3n) is 4.97. The van der Waals surface area contributed by atoms with Crippen molar-refractivity contribution in [2.24, 2.45) is 0 Å². The number of hydrogen-bond acceptors (Lipinski definition) is 6. The maximum absolute atomic E-state index is 12.7. The fourth-order valence-corrected chi connectivity index (χ4v) is 3.56. The highest BCUT2D eigenvalue weighted by molar-refractivity contribution is 9.10. The van der Waals surface area contributed by atoms with Crippen LogP contribution in [0.2, 0.25) is 0 Å². The van der Waals surface area contributed by atoms with Crippen molar-refractivity contribution in [3.8, 4) is 23.3 Å². The Balaban J connectivity index is 1.80. The van der Waals surface area contributed by atoms with Crippen LogP contribution in [0.4, 0.5) is 5.69 Å². The molecule has 8 nitrogen and oxygen atoms in total. The summed E-state index contributed by atoms with van der Waals surface area (Å²) in [6.45, 7) is 2.39. The van der Waals surface area contributed by atoms with E-state index in [1.807, 2.05) is 13.0 Å². The first kappa shape index (κ1) is 26.3. The number of nitrogens with one attached hydrogen (secondary N) is 1. The van der Waals surface area contributed by atoms with E-state index < -0.39 is 11.9 Å². The molecule has 0 aromatic heterocycles. The van der Waals surface area contributed by atoms with Crippen LogP contribution < -0.4 is 19.5 Å². The molecule has 0 radical (unpaired) electrons. The van der Waals surface area contributed by atoms with E-state index in [9.17, 15) is 14.9 Å². The Kier molecular flexibility index (Phi) is 9.08. The average molecular weight is 551 g/mol. The maximum Gasteiger partial charge on any atom is 0.335 e. The van der Waals surface area contributed by atoms with Crippen molar-refractivity contribution in [2.75, 3.05) is 19.0 Å². The fraction of sp³-hybridized carbons (Fsp3) is 0.148. The highest BCUT2D eigenvalue weighted by Gasteiger charge is 2.15. The Bertz CT molecular complexity index is 1310. The normalized spacial score (nSPS) is 10.8. The van der Waals surface area contributed by atoms with Crippen LogP contribution in [-0.2, 0) is 11.4 Å². The summed E-state index contributed by atoms with van der Waals surface area (Å²) < 4.78 is 17.3. The van der Waals surface area contributed by atoms with Crippen LogP contribution in [0.1, 0.15) is 28.4 Å². The number of carboxylic acid groups (broad SMARTS) is 1. The van der Waals surface area contributed by atoms with Gasteiger partial charge in [-0.3, -0.25) is 4.79 Å². The number of amides is 1. The molecule has 3 aromatic rings. The van der Waals surface area contributed by atoms with Crippen molar-refractivity contribution in [2.45, 2.75) is 13.5 Å².